The second-order valence-electron chi connectivity index (χ2n) is 5.91. The van der Waals surface area contributed by atoms with Crippen molar-refractivity contribution in [2.75, 3.05) is 24.7 Å². The van der Waals surface area contributed by atoms with Crippen LogP contribution in [0, 0.1) is 5.41 Å². The highest BCUT2D eigenvalue weighted by Gasteiger charge is 2.56. The molecule has 92 valence electrons. The fraction of sp³-hybridized carbons (Fsp3) is 1.00. The Kier molecular flexibility index (Phi) is 2.78. The molecule has 2 unspecified atom stereocenters. The lowest BCUT2D eigenvalue weighted by Crippen LogP contribution is -2.48. The third-order valence-corrected chi connectivity index (χ3v) is 6.27. The summed E-state index contributed by atoms with van der Waals surface area (Å²) < 4.78 is 12.1. The lowest BCUT2D eigenvalue weighted by molar-refractivity contribution is -0.0944. The molecule has 0 aromatic carbocycles. The first kappa shape index (κ1) is 11.7. The molecule has 3 rings (SSSR count). The zero-order valence-corrected chi connectivity index (χ0v) is 11.7. The average Bonchev–Trinajstić information content (AvgIpc) is 2.73. The average molecular weight is 260 g/mol. The number of hydrogen-bond acceptors (Lipinski definition) is 4. The van der Waals surface area contributed by atoms with Crippen molar-refractivity contribution >= 4 is 23.5 Å². The Hall–Kier alpha value is 0.620. The molecule has 3 fully saturated rings. The summed E-state index contributed by atoms with van der Waals surface area (Å²) in [6.45, 7) is 6.56. The predicted octanol–water partition coefficient (Wildman–Crippen LogP) is 3.12. The van der Waals surface area contributed by atoms with Crippen molar-refractivity contribution in [2.24, 2.45) is 5.41 Å². The van der Waals surface area contributed by atoms with Crippen molar-refractivity contribution in [1.29, 1.82) is 0 Å². The van der Waals surface area contributed by atoms with E-state index in [1.807, 2.05) is 23.5 Å². The summed E-state index contributed by atoms with van der Waals surface area (Å²) in [6.07, 6.45) is 3.44. The van der Waals surface area contributed by atoms with E-state index < -0.39 is 0 Å². The summed E-state index contributed by atoms with van der Waals surface area (Å²) >= 11 is 4.03. The third kappa shape index (κ3) is 2.02. The fourth-order valence-corrected chi connectivity index (χ4v) is 6.62. The van der Waals surface area contributed by atoms with Crippen LogP contribution in [0.5, 0.6) is 0 Å². The minimum atomic E-state index is 0.0547. The van der Waals surface area contributed by atoms with Crippen LogP contribution in [0.15, 0.2) is 0 Å². The van der Waals surface area contributed by atoms with Gasteiger partial charge in [-0.2, -0.15) is 0 Å². The van der Waals surface area contributed by atoms with Crippen molar-refractivity contribution in [3.8, 4) is 0 Å². The Morgan fingerprint density at radius 3 is 1.69 bits per heavy atom. The van der Waals surface area contributed by atoms with Crippen LogP contribution >= 0.6 is 23.5 Å². The van der Waals surface area contributed by atoms with Gasteiger partial charge in [0.05, 0.1) is 13.2 Å². The number of ether oxygens (including phenoxy) is 2. The van der Waals surface area contributed by atoms with Crippen LogP contribution in [0.1, 0.15) is 33.1 Å². The highest BCUT2D eigenvalue weighted by atomic mass is 32.2. The topological polar surface area (TPSA) is 18.5 Å². The molecule has 2 saturated heterocycles. The minimum Gasteiger partial charge on any atom is -0.363 e. The van der Waals surface area contributed by atoms with E-state index in [0.29, 0.717) is 5.41 Å². The van der Waals surface area contributed by atoms with Gasteiger partial charge in [0.25, 0.3) is 0 Å². The quantitative estimate of drug-likeness (QED) is 0.666. The maximum Gasteiger partial charge on any atom is 0.117 e. The van der Waals surface area contributed by atoms with Gasteiger partial charge in [-0.1, -0.05) is 13.8 Å². The predicted molar refractivity (Wildman–Crippen MR) is 69.9 cm³/mol. The van der Waals surface area contributed by atoms with Crippen LogP contribution in [0.25, 0.3) is 0 Å². The van der Waals surface area contributed by atoms with Crippen molar-refractivity contribution in [1.82, 2.24) is 0 Å². The Morgan fingerprint density at radius 1 is 0.812 bits per heavy atom. The molecule has 1 aliphatic carbocycles. The summed E-state index contributed by atoms with van der Waals surface area (Å²) in [7, 11) is 0. The van der Waals surface area contributed by atoms with Gasteiger partial charge in [0.2, 0.25) is 0 Å². The first-order chi connectivity index (χ1) is 7.54. The molecule has 2 nitrogen and oxygen atoms in total. The van der Waals surface area contributed by atoms with Gasteiger partial charge in [0, 0.05) is 17.9 Å². The van der Waals surface area contributed by atoms with Crippen molar-refractivity contribution < 1.29 is 9.47 Å². The number of hydrogen-bond donors (Lipinski definition) is 0. The second-order valence-corrected chi connectivity index (χ2v) is 8.79. The maximum absolute atomic E-state index is 6.07. The third-order valence-electron chi connectivity index (χ3n) is 3.66. The van der Waals surface area contributed by atoms with Gasteiger partial charge in [-0.25, -0.2) is 0 Å². The van der Waals surface area contributed by atoms with E-state index in [9.17, 15) is 0 Å². The van der Waals surface area contributed by atoms with Crippen LogP contribution in [0.2, 0.25) is 0 Å². The number of thioether (sulfide) groups is 2. The van der Waals surface area contributed by atoms with Crippen LogP contribution in [0.3, 0.4) is 0 Å². The molecule has 3 aliphatic rings. The van der Waals surface area contributed by atoms with Gasteiger partial charge in [-0.15, -0.1) is 23.5 Å². The highest BCUT2D eigenvalue weighted by Crippen LogP contribution is 2.59. The molecular formula is C12H20O2S2. The first-order valence-corrected chi connectivity index (χ1v) is 8.06. The summed E-state index contributed by atoms with van der Waals surface area (Å²) in [6, 6.07) is 0. The lowest BCUT2D eigenvalue weighted by Gasteiger charge is -2.49. The van der Waals surface area contributed by atoms with E-state index in [4.69, 9.17) is 9.47 Å². The van der Waals surface area contributed by atoms with Gasteiger partial charge in [-0.05, 0) is 18.3 Å². The summed E-state index contributed by atoms with van der Waals surface area (Å²) in [5.74, 6) is 2.30. The summed E-state index contributed by atoms with van der Waals surface area (Å²) in [4.78, 5) is 0.109. The van der Waals surface area contributed by atoms with Gasteiger partial charge < -0.3 is 9.47 Å². The van der Waals surface area contributed by atoms with Crippen LogP contribution in [-0.4, -0.2) is 34.6 Å². The molecule has 16 heavy (non-hydrogen) atoms. The van der Waals surface area contributed by atoms with E-state index in [0.717, 1.165) is 31.1 Å². The lowest BCUT2D eigenvalue weighted by atomic mass is 9.74. The maximum atomic E-state index is 6.07. The minimum absolute atomic E-state index is 0.0547. The largest absolute Gasteiger partial charge is 0.363 e. The van der Waals surface area contributed by atoms with Crippen molar-refractivity contribution in [2.45, 2.75) is 43.0 Å². The molecule has 0 amide bonds. The molecule has 2 aliphatic heterocycles. The van der Waals surface area contributed by atoms with Crippen LogP contribution in [0.4, 0.5) is 0 Å². The van der Waals surface area contributed by atoms with Crippen molar-refractivity contribution in [3.63, 3.8) is 0 Å². The van der Waals surface area contributed by atoms with Crippen molar-refractivity contribution in [3.05, 3.63) is 0 Å². The zero-order valence-electron chi connectivity index (χ0n) is 10.1. The van der Waals surface area contributed by atoms with Gasteiger partial charge in [0.1, 0.15) is 9.87 Å². The first-order valence-electron chi connectivity index (χ1n) is 6.09. The highest BCUT2D eigenvalue weighted by molar-refractivity contribution is 8.01. The molecule has 2 atom stereocenters. The molecular weight excluding hydrogens is 240 g/mol. The Labute approximate surface area is 106 Å². The van der Waals surface area contributed by atoms with Gasteiger partial charge >= 0.3 is 0 Å². The Morgan fingerprint density at radius 2 is 1.31 bits per heavy atom. The van der Waals surface area contributed by atoms with Crippen LogP contribution < -0.4 is 0 Å². The molecule has 2 spiro atoms. The molecule has 2 heterocycles. The zero-order chi connectivity index (χ0) is 11.3. The summed E-state index contributed by atoms with van der Waals surface area (Å²) in [5, 5.41) is 0. The standard InChI is InChI=1S/C12H20O2S2/c1-10(2)7-11(13-3-5-15-11)9-12(8-10)14-4-6-16-12/h3-9H2,1-2H3. The Bertz CT molecular complexity index is 253. The van der Waals surface area contributed by atoms with Gasteiger partial charge in [-0.3, -0.25) is 0 Å². The molecule has 0 radical (unpaired) electrons. The summed E-state index contributed by atoms with van der Waals surface area (Å²) in [5.41, 5.74) is 0.340. The Balaban J connectivity index is 1.87. The van der Waals surface area contributed by atoms with E-state index >= 15 is 0 Å². The van der Waals surface area contributed by atoms with E-state index in [2.05, 4.69) is 13.8 Å². The molecule has 0 bridgehead atoms. The van der Waals surface area contributed by atoms with Gasteiger partial charge in [0.15, 0.2) is 0 Å². The van der Waals surface area contributed by atoms with Crippen LogP contribution in [-0.2, 0) is 9.47 Å². The monoisotopic (exact) mass is 260 g/mol. The number of rotatable bonds is 0. The second kappa shape index (κ2) is 3.81. The smallest absolute Gasteiger partial charge is 0.117 e. The normalized spacial score (nSPS) is 46.9. The molecule has 0 N–H and O–H groups in total. The van der Waals surface area contributed by atoms with E-state index in [1.54, 1.807) is 0 Å². The fourth-order valence-electron chi connectivity index (χ4n) is 3.46. The molecule has 0 aromatic heterocycles. The molecule has 4 heteroatoms. The van der Waals surface area contributed by atoms with E-state index in [1.165, 1.54) is 12.8 Å². The molecule has 0 aromatic rings. The SMILES string of the molecule is CC1(C)CC2(CC3(C1)OCCS3)OCCS2. The molecule has 1 saturated carbocycles. The van der Waals surface area contributed by atoms with E-state index in [-0.39, 0.29) is 9.87 Å².